The van der Waals surface area contributed by atoms with Gasteiger partial charge in [0.25, 0.3) is 0 Å². The Kier molecular flexibility index (Phi) is 4.45. The fraction of sp³-hybridized carbons (Fsp3) is 0.0500. The molecule has 0 saturated heterocycles. The summed E-state index contributed by atoms with van der Waals surface area (Å²) in [4.78, 5) is 11.7. The van der Waals surface area contributed by atoms with Gasteiger partial charge in [0.1, 0.15) is 0 Å². The molecule has 3 heteroatoms. The molecule has 114 valence electrons. The van der Waals surface area contributed by atoms with Crippen LogP contribution in [-0.2, 0) is 4.79 Å². The largest absolute Gasteiger partial charge is 0.325 e. The summed E-state index contributed by atoms with van der Waals surface area (Å²) in [5.41, 5.74) is 4.62. The fourth-order valence-electron chi connectivity index (χ4n) is 2.61. The van der Waals surface area contributed by atoms with E-state index in [0.29, 0.717) is 5.02 Å². The standard InChI is InChI=1S/C20H16ClNO/c1-14(23)22-20-18(15-8-4-2-5-9-15)12-17(21)13-19(20)16-10-6-3-7-11-16/h2-13H,1H3,(H,22,23). The van der Waals surface area contributed by atoms with Crippen LogP contribution in [0, 0.1) is 0 Å². The van der Waals surface area contributed by atoms with Crippen molar-refractivity contribution in [2.24, 2.45) is 0 Å². The van der Waals surface area contributed by atoms with Gasteiger partial charge in [-0.25, -0.2) is 0 Å². The zero-order chi connectivity index (χ0) is 16.2. The highest BCUT2D eigenvalue weighted by molar-refractivity contribution is 6.31. The van der Waals surface area contributed by atoms with E-state index in [1.165, 1.54) is 6.92 Å². The van der Waals surface area contributed by atoms with E-state index in [-0.39, 0.29) is 5.91 Å². The van der Waals surface area contributed by atoms with Crippen LogP contribution in [0.2, 0.25) is 5.02 Å². The highest BCUT2D eigenvalue weighted by Gasteiger charge is 2.14. The zero-order valence-corrected chi connectivity index (χ0v) is 13.5. The van der Waals surface area contributed by atoms with Gasteiger partial charge in [0.15, 0.2) is 0 Å². The van der Waals surface area contributed by atoms with Crippen molar-refractivity contribution in [2.45, 2.75) is 6.92 Å². The molecule has 0 aromatic heterocycles. The third kappa shape index (κ3) is 3.43. The van der Waals surface area contributed by atoms with Crippen LogP contribution in [0.5, 0.6) is 0 Å². The van der Waals surface area contributed by atoms with E-state index >= 15 is 0 Å². The summed E-state index contributed by atoms with van der Waals surface area (Å²) >= 11 is 6.35. The lowest BCUT2D eigenvalue weighted by atomic mass is 9.96. The van der Waals surface area contributed by atoms with E-state index in [0.717, 1.165) is 27.9 Å². The van der Waals surface area contributed by atoms with Gasteiger partial charge < -0.3 is 5.32 Å². The maximum absolute atomic E-state index is 11.7. The van der Waals surface area contributed by atoms with Crippen molar-refractivity contribution in [3.8, 4) is 22.3 Å². The van der Waals surface area contributed by atoms with Crippen molar-refractivity contribution in [2.75, 3.05) is 5.32 Å². The summed E-state index contributed by atoms with van der Waals surface area (Å²) in [5, 5.41) is 3.60. The molecule has 0 aliphatic rings. The van der Waals surface area contributed by atoms with Crippen molar-refractivity contribution in [1.82, 2.24) is 0 Å². The minimum Gasteiger partial charge on any atom is -0.325 e. The van der Waals surface area contributed by atoms with Gasteiger partial charge in [-0.3, -0.25) is 4.79 Å². The Hall–Kier alpha value is -2.58. The zero-order valence-electron chi connectivity index (χ0n) is 12.7. The van der Waals surface area contributed by atoms with Crippen molar-refractivity contribution >= 4 is 23.2 Å². The van der Waals surface area contributed by atoms with Gasteiger partial charge in [-0.1, -0.05) is 72.3 Å². The van der Waals surface area contributed by atoms with Gasteiger partial charge in [-0.15, -0.1) is 0 Å². The van der Waals surface area contributed by atoms with Crippen LogP contribution in [0.25, 0.3) is 22.3 Å². The molecular formula is C20H16ClNO. The average Bonchev–Trinajstić information content (AvgIpc) is 2.57. The van der Waals surface area contributed by atoms with Crippen LogP contribution in [0.3, 0.4) is 0 Å². The molecule has 0 aliphatic heterocycles. The van der Waals surface area contributed by atoms with E-state index in [1.807, 2.05) is 72.8 Å². The number of hydrogen-bond acceptors (Lipinski definition) is 1. The first-order chi connectivity index (χ1) is 11.1. The summed E-state index contributed by atoms with van der Waals surface area (Å²) < 4.78 is 0. The lowest BCUT2D eigenvalue weighted by Crippen LogP contribution is -2.08. The molecule has 0 aliphatic carbocycles. The summed E-state index contributed by atoms with van der Waals surface area (Å²) in [7, 11) is 0. The molecule has 0 saturated carbocycles. The summed E-state index contributed by atoms with van der Waals surface area (Å²) in [6.07, 6.45) is 0. The number of hydrogen-bond donors (Lipinski definition) is 1. The quantitative estimate of drug-likeness (QED) is 0.665. The Morgan fingerprint density at radius 1 is 0.826 bits per heavy atom. The Morgan fingerprint density at radius 3 is 1.65 bits per heavy atom. The molecule has 3 aromatic carbocycles. The van der Waals surface area contributed by atoms with E-state index in [4.69, 9.17) is 11.6 Å². The second-order valence-corrected chi connectivity index (χ2v) is 5.73. The molecular weight excluding hydrogens is 306 g/mol. The van der Waals surface area contributed by atoms with Crippen LogP contribution in [-0.4, -0.2) is 5.91 Å². The number of anilines is 1. The predicted molar refractivity (Wildman–Crippen MR) is 96.6 cm³/mol. The third-order valence-electron chi connectivity index (χ3n) is 3.57. The SMILES string of the molecule is CC(=O)Nc1c(-c2ccccc2)cc(Cl)cc1-c1ccccc1. The van der Waals surface area contributed by atoms with Crippen LogP contribution in [0.15, 0.2) is 72.8 Å². The molecule has 1 N–H and O–H groups in total. The summed E-state index contributed by atoms with van der Waals surface area (Å²) in [5.74, 6) is -0.110. The molecule has 0 unspecified atom stereocenters. The van der Waals surface area contributed by atoms with E-state index in [2.05, 4.69) is 5.32 Å². The number of carbonyl (C=O) groups is 1. The molecule has 1 amide bonds. The second kappa shape index (κ2) is 6.67. The van der Waals surface area contributed by atoms with Gasteiger partial charge in [-0.2, -0.15) is 0 Å². The summed E-state index contributed by atoms with van der Waals surface area (Å²) in [6, 6.07) is 23.6. The topological polar surface area (TPSA) is 29.1 Å². The van der Waals surface area contributed by atoms with E-state index in [9.17, 15) is 4.79 Å². The molecule has 3 rings (SSSR count). The molecule has 2 nitrogen and oxygen atoms in total. The van der Waals surface area contributed by atoms with Gasteiger partial charge in [0, 0.05) is 23.1 Å². The van der Waals surface area contributed by atoms with E-state index < -0.39 is 0 Å². The van der Waals surface area contributed by atoms with Crippen molar-refractivity contribution in [3.63, 3.8) is 0 Å². The van der Waals surface area contributed by atoms with E-state index in [1.54, 1.807) is 0 Å². The van der Waals surface area contributed by atoms with Gasteiger partial charge in [0.2, 0.25) is 5.91 Å². The third-order valence-corrected chi connectivity index (χ3v) is 3.79. The molecule has 23 heavy (non-hydrogen) atoms. The van der Waals surface area contributed by atoms with Crippen LogP contribution >= 0.6 is 11.6 Å². The average molecular weight is 322 g/mol. The molecule has 3 aromatic rings. The monoisotopic (exact) mass is 321 g/mol. The van der Waals surface area contributed by atoms with Crippen LogP contribution in [0.4, 0.5) is 5.69 Å². The lowest BCUT2D eigenvalue weighted by Gasteiger charge is -2.16. The van der Waals surface area contributed by atoms with Crippen molar-refractivity contribution < 1.29 is 4.79 Å². The minimum absolute atomic E-state index is 0.110. The van der Waals surface area contributed by atoms with Gasteiger partial charge >= 0.3 is 0 Å². The Labute approximate surface area is 140 Å². The molecule has 0 atom stereocenters. The normalized spacial score (nSPS) is 10.3. The Bertz CT molecular complexity index is 768. The highest BCUT2D eigenvalue weighted by Crippen LogP contribution is 2.39. The molecule has 0 heterocycles. The predicted octanol–water partition coefficient (Wildman–Crippen LogP) is 5.63. The number of carbonyl (C=O) groups excluding carboxylic acids is 1. The molecule has 0 bridgehead atoms. The summed E-state index contributed by atoms with van der Waals surface area (Å²) in [6.45, 7) is 1.51. The number of nitrogens with one attached hydrogen (secondary N) is 1. The first kappa shape index (κ1) is 15.3. The fourth-order valence-corrected chi connectivity index (χ4v) is 2.83. The van der Waals surface area contributed by atoms with Gasteiger partial charge in [0.05, 0.1) is 5.69 Å². The molecule has 0 fully saturated rings. The van der Waals surface area contributed by atoms with Crippen molar-refractivity contribution in [3.05, 3.63) is 77.8 Å². The first-order valence-corrected chi connectivity index (χ1v) is 7.75. The lowest BCUT2D eigenvalue weighted by molar-refractivity contribution is -0.114. The minimum atomic E-state index is -0.110. The molecule has 0 spiro atoms. The maximum atomic E-state index is 11.7. The van der Waals surface area contributed by atoms with Crippen LogP contribution in [0.1, 0.15) is 6.92 Å². The second-order valence-electron chi connectivity index (χ2n) is 5.29. The number of benzene rings is 3. The highest BCUT2D eigenvalue weighted by atomic mass is 35.5. The smallest absolute Gasteiger partial charge is 0.221 e. The number of halogens is 1. The van der Waals surface area contributed by atoms with Crippen LogP contribution < -0.4 is 5.32 Å². The Balaban J connectivity index is 2.27. The van der Waals surface area contributed by atoms with Crippen molar-refractivity contribution in [1.29, 1.82) is 0 Å². The first-order valence-electron chi connectivity index (χ1n) is 7.37. The Morgan fingerprint density at radius 2 is 1.26 bits per heavy atom. The molecule has 0 radical (unpaired) electrons. The van der Waals surface area contributed by atoms with Gasteiger partial charge in [-0.05, 0) is 23.3 Å². The number of rotatable bonds is 3. The number of amides is 1. The maximum Gasteiger partial charge on any atom is 0.221 e.